The number of alkyl halides is 2. The van der Waals surface area contributed by atoms with Gasteiger partial charge in [0.25, 0.3) is 12.0 Å². The molecule has 0 aliphatic carbocycles. The molecule has 0 atom stereocenters. The van der Waals surface area contributed by atoms with Crippen LogP contribution in [0.3, 0.4) is 0 Å². The summed E-state index contributed by atoms with van der Waals surface area (Å²) in [6, 6.07) is 0. The lowest BCUT2D eigenvalue weighted by Crippen LogP contribution is -2.13. The summed E-state index contributed by atoms with van der Waals surface area (Å²) in [6.45, 7) is 1.40. The van der Waals surface area contributed by atoms with Crippen molar-refractivity contribution in [2.75, 3.05) is 5.73 Å². The molecule has 0 radical (unpaired) electrons. The van der Waals surface area contributed by atoms with E-state index in [-0.39, 0.29) is 16.8 Å². The zero-order chi connectivity index (χ0) is 9.30. The summed E-state index contributed by atoms with van der Waals surface area (Å²) in [7, 11) is 0. The molecule has 0 saturated heterocycles. The van der Waals surface area contributed by atoms with Crippen molar-refractivity contribution < 1.29 is 8.78 Å². The Balaban J connectivity index is 3.36. The predicted molar refractivity (Wildman–Crippen MR) is 41.2 cm³/mol. The second-order valence-electron chi connectivity index (χ2n) is 2.41. The van der Waals surface area contributed by atoms with Crippen LogP contribution in [0.2, 0.25) is 0 Å². The Morgan fingerprint density at radius 2 is 2.17 bits per heavy atom. The lowest BCUT2D eigenvalue weighted by Gasteiger charge is -2.05. The number of pyridine rings is 1. The monoisotopic (exact) mass is 174 g/mol. The molecule has 12 heavy (non-hydrogen) atoms. The SMILES string of the molecule is Cc1c(N)c(C(F)F)c[nH]c1=O. The normalized spacial score (nSPS) is 10.7. The molecule has 0 fully saturated rings. The number of aromatic nitrogens is 1. The Bertz CT molecular complexity index is 346. The minimum Gasteiger partial charge on any atom is -0.398 e. The molecule has 1 rings (SSSR count). The van der Waals surface area contributed by atoms with Crippen LogP contribution in [0.1, 0.15) is 17.6 Å². The van der Waals surface area contributed by atoms with Gasteiger partial charge in [-0.05, 0) is 6.92 Å². The smallest absolute Gasteiger partial charge is 0.267 e. The summed E-state index contributed by atoms with van der Waals surface area (Å²) in [5.41, 5.74) is 4.53. The van der Waals surface area contributed by atoms with E-state index >= 15 is 0 Å². The number of hydrogen-bond donors (Lipinski definition) is 2. The molecule has 0 spiro atoms. The van der Waals surface area contributed by atoms with Crippen molar-refractivity contribution in [2.24, 2.45) is 0 Å². The molecule has 0 unspecified atom stereocenters. The van der Waals surface area contributed by atoms with Gasteiger partial charge in [0.2, 0.25) is 0 Å². The van der Waals surface area contributed by atoms with E-state index in [9.17, 15) is 13.6 Å². The van der Waals surface area contributed by atoms with Crippen LogP contribution in [0.15, 0.2) is 11.0 Å². The van der Waals surface area contributed by atoms with Gasteiger partial charge in [-0.3, -0.25) is 4.79 Å². The molecule has 0 amide bonds. The average molecular weight is 174 g/mol. The predicted octanol–water partition coefficient (Wildman–Crippen LogP) is 1.20. The van der Waals surface area contributed by atoms with E-state index in [4.69, 9.17) is 5.73 Å². The Hall–Kier alpha value is -1.39. The summed E-state index contributed by atoms with van der Waals surface area (Å²) < 4.78 is 24.3. The number of rotatable bonds is 1. The van der Waals surface area contributed by atoms with Gasteiger partial charge in [-0.25, -0.2) is 8.78 Å². The minimum atomic E-state index is -2.65. The molecule has 0 aliphatic heterocycles. The highest BCUT2D eigenvalue weighted by Crippen LogP contribution is 2.24. The Morgan fingerprint density at radius 3 is 2.67 bits per heavy atom. The first-order valence-corrected chi connectivity index (χ1v) is 3.30. The number of nitrogen functional groups attached to an aromatic ring is 1. The fourth-order valence-electron chi connectivity index (χ4n) is 0.849. The molecule has 3 nitrogen and oxygen atoms in total. The van der Waals surface area contributed by atoms with Gasteiger partial charge in [0.05, 0.1) is 11.3 Å². The fraction of sp³-hybridized carbons (Fsp3) is 0.286. The van der Waals surface area contributed by atoms with Crippen LogP contribution >= 0.6 is 0 Å². The molecule has 3 N–H and O–H groups in total. The Morgan fingerprint density at radius 1 is 1.58 bits per heavy atom. The van der Waals surface area contributed by atoms with Crippen molar-refractivity contribution in [3.05, 3.63) is 27.7 Å². The third-order valence-electron chi connectivity index (χ3n) is 1.65. The first kappa shape index (κ1) is 8.70. The highest BCUT2D eigenvalue weighted by molar-refractivity contribution is 5.51. The van der Waals surface area contributed by atoms with Crippen LogP contribution in [0.5, 0.6) is 0 Å². The van der Waals surface area contributed by atoms with Gasteiger partial charge in [0, 0.05) is 11.8 Å². The maximum Gasteiger partial charge on any atom is 0.267 e. The zero-order valence-electron chi connectivity index (χ0n) is 6.40. The van der Waals surface area contributed by atoms with E-state index in [2.05, 4.69) is 4.98 Å². The Kier molecular flexibility index (Phi) is 2.12. The van der Waals surface area contributed by atoms with Crippen molar-refractivity contribution in [1.82, 2.24) is 4.98 Å². The van der Waals surface area contributed by atoms with E-state index in [1.165, 1.54) is 6.92 Å². The quantitative estimate of drug-likeness (QED) is 0.672. The van der Waals surface area contributed by atoms with Gasteiger partial charge in [-0.1, -0.05) is 0 Å². The fourth-order valence-corrected chi connectivity index (χ4v) is 0.849. The molecule has 66 valence electrons. The van der Waals surface area contributed by atoms with E-state index in [1.807, 2.05) is 0 Å². The van der Waals surface area contributed by atoms with E-state index in [0.717, 1.165) is 6.20 Å². The van der Waals surface area contributed by atoms with Gasteiger partial charge >= 0.3 is 0 Å². The molecule has 0 saturated carbocycles. The largest absolute Gasteiger partial charge is 0.398 e. The average Bonchev–Trinajstić information content (AvgIpc) is 2.00. The molecule has 1 aromatic heterocycles. The van der Waals surface area contributed by atoms with Gasteiger partial charge in [0.15, 0.2) is 0 Å². The molecule has 5 heteroatoms. The number of nitrogens with one attached hydrogen (secondary N) is 1. The third kappa shape index (κ3) is 1.30. The van der Waals surface area contributed by atoms with Crippen LogP contribution < -0.4 is 11.3 Å². The van der Waals surface area contributed by atoms with E-state index in [0.29, 0.717) is 0 Å². The van der Waals surface area contributed by atoms with Gasteiger partial charge in [-0.15, -0.1) is 0 Å². The molecule has 1 aromatic rings. The summed E-state index contributed by atoms with van der Waals surface area (Å²) in [4.78, 5) is 13.0. The lowest BCUT2D eigenvalue weighted by molar-refractivity contribution is 0.151. The van der Waals surface area contributed by atoms with Gasteiger partial charge in [0.1, 0.15) is 0 Å². The molecular weight excluding hydrogens is 166 g/mol. The maximum absolute atomic E-state index is 12.1. The summed E-state index contributed by atoms with van der Waals surface area (Å²) in [5, 5.41) is 0. The maximum atomic E-state index is 12.1. The van der Waals surface area contributed by atoms with Crippen LogP contribution in [0, 0.1) is 6.92 Å². The topological polar surface area (TPSA) is 58.9 Å². The number of aromatic amines is 1. The van der Waals surface area contributed by atoms with E-state index < -0.39 is 12.0 Å². The third-order valence-corrected chi connectivity index (χ3v) is 1.65. The zero-order valence-corrected chi connectivity index (χ0v) is 6.40. The van der Waals surface area contributed by atoms with Crippen LogP contribution in [-0.2, 0) is 0 Å². The number of H-pyrrole nitrogens is 1. The van der Waals surface area contributed by atoms with Crippen LogP contribution in [-0.4, -0.2) is 4.98 Å². The molecule has 0 aliphatic rings. The molecule has 0 bridgehead atoms. The second kappa shape index (κ2) is 2.92. The van der Waals surface area contributed by atoms with Crippen molar-refractivity contribution >= 4 is 5.69 Å². The van der Waals surface area contributed by atoms with Crippen LogP contribution in [0.4, 0.5) is 14.5 Å². The lowest BCUT2D eigenvalue weighted by atomic mass is 10.2. The van der Waals surface area contributed by atoms with Crippen molar-refractivity contribution in [2.45, 2.75) is 13.3 Å². The standard InChI is InChI=1S/C7H8F2N2O/c1-3-5(10)4(6(8)9)2-11-7(3)12/h2,6H,1H3,(H3,10,11,12). The van der Waals surface area contributed by atoms with Gasteiger partial charge in [-0.2, -0.15) is 0 Å². The van der Waals surface area contributed by atoms with Crippen molar-refractivity contribution in [3.63, 3.8) is 0 Å². The summed E-state index contributed by atoms with van der Waals surface area (Å²) >= 11 is 0. The number of hydrogen-bond acceptors (Lipinski definition) is 2. The highest BCUT2D eigenvalue weighted by Gasteiger charge is 2.13. The molecular formula is C7H8F2N2O. The minimum absolute atomic E-state index is 0.131. The molecule has 0 aromatic carbocycles. The number of anilines is 1. The van der Waals surface area contributed by atoms with Crippen LogP contribution in [0.25, 0.3) is 0 Å². The van der Waals surface area contributed by atoms with Crippen molar-refractivity contribution in [3.8, 4) is 0 Å². The second-order valence-corrected chi connectivity index (χ2v) is 2.41. The first-order chi connectivity index (χ1) is 5.54. The number of halogens is 2. The summed E-state index contributed by atoms with van der Waals surface area (Å²) in [6.07, 6.45) is -1.71. The first-order valence-electron chi connectivity index (χ1n) is 3.30. The highest BCUT2D eigenvalue weighted by atomic mass is 19.3. The Labute approximate surface area is 67.2 Å². The van der Waals surface area contributed by atoms with E-state index in [1.54, 1.807) is 0 Å². The van der Waals surface area contributed by atoms with Crippen molar-refractivity contribution in [1.29, 1.82) is 0 Å². The molecule has 1 heterocycles. The summed E-state index contributed by atoms with van der Waals surface area (Å²) in [5.74, 6) is 0. The van der Waals surface area contributed by atoms with Gasteiger partial charge < -0.3 is 10.7 Å². The number of nitrogens with two attached hydrogens (primary N) is 1.